The van der Waals surface area contributed by atoms with E-state index in [0.717, 1.165) is 18.9 Å². The van der Waals surface area contributed by atoms with Crippen LogP contribution in [0, 0.1) is 0 Å². The number of anilines is 1. The topological polar surface area (TPSA) is 112 Å². The number of morpholine rings is 1. The van der Waals surface area contributed by atoms with E-state index in [4.69, 9.17) is 18.9 Å². The third-order valence-corrected chi connectivity index (χ3v) is 5.74. The summed E-state index contributed by atoms with van der Waals surface area (Å²) in [7, 11) is 1.64. The Balaban J connectivity index is 1.75. The highest BCUT2D eigenvalue weighted by atomic mass is 16.6. The molecule has 1 aromatic carbocycles. The van der Waals surface area contributed by atoms with Crippen LogP contribution in [0.15, 0.2) is 24.3 Å². The fourth-order valence-electron chi connectivity index (χ4n) is 4.12. The fourth-order valence-corrected chi connectivity index (χ4v) is 4.12. The Morgan fingerprint density at radius 3 is 2.57 bits per heavy atom. The van der Waals surface area contributed by atoms with Crippen molar-refractivity contribution in [2.24, 2.45) is 0 Å². The maximum absolute atomic E-state index is 13.3. The van der Waals surface area contributed by atoms with Gasteiger partial charge in [0, 0.05) is 39.4 Å². The van der Waals surface area contributed by atoms with E-state index in [1.165, 1.54) is 4.90 Å². The van der Waals surface area contributed by atoms with Crippen molar-refractivity contribution < 1.29 is 38.1 Å². The van der Waals surface area contributed by atoms with Crippen molar-refractivity contribution in [1.29, 1.82) is 0 Å². The average molecular weight is 491 g/mol. The van der Waals surface area contributed by atoms with Crippen LogP contribution in [0.4, 0.5) is 5.69 Å². The van der Waals surface area contributed by atoms with Gasteiger partial charge in [0.05, 0.1) is 19.1 Å². The summed E-state index contributed by atoms with van der Waals surface area (Å²) < 4.78 is 21.4. The molecule has 2 aliphatic rings. The molecule has 0 unspecified atom stereocenters. The van der Waals surface area contributed by atoms with Crippen molar-refractivity contribution in [3.05, 3.63) is 29.8 Å². The summed E-state index contributed by atoms with van der Waals surface area (Å²) in [5, 5.41) is 0. The van der Waals surface area contributed by atoms with Gasteiger partial charge >= 0.3 is 11.9 Å². The Labute approximate surface area is 205 Å². The first-order valence-electron chi connectivity index (χ1n) is 11.7. The van der Waals surface area contributed by atoms with Crippen molar-refractivity contribution in [3.63, 3.8) is 0 Å². The summed E-state index contributed by atoms with van der Waals surface area (Å²) in [5.41, 5.74) is 0.482. The van der Waals surface area contributed by atoms with Crippen molar-refractivity contribution in [2.45, 2.75) is 64.4 Å². The zero-order chi connectivity index (χ0) is 25.8. The first kappa shape index (κ1) is 26.6. The average Bonchev–Trinajstić information content (AvgIpc) is 3.26. The SMILES string of the molecule is CO[C@@H]1CCN(C(=O)Cc2cccc(N3CCO[C@H]([C@@H](OC(C)=O)C(=O)OC(C)(C)C)C3=O)c2)C1. The molecule has 0 saturated carbocycles. The zero-order valence-electron chi connectivity index (χ0n) is 20.9. The second-order valence-corrected chi connectivity index (χ2v) is 9.68. The lowest BCUT2D eigenvalue weighted by Crippen LogP contribution is -2.56. The van der Waals surface area contributed by atoms with Crippen molar-refractivity contribution >= 4 is 29.4 Å². The first-order valence-corrected chi connectivity index (χ1v) is 11.7. The van der Waals surface area contributed by atoms with E-state index in [9.17, 15) is 19.2 Å². The molecule has 2 amide bonds. The minimum atomic E-state index is -1.53. The third kappa shape index (κ3) is 7.02. The molecule has 0 aromatic heterocycles. The number of hydrogen-bond acceptors (Lipinski definition) is 8. The zero-order valence-corrected chi connectivity index (χ0v) is 20.9. The Morgan fingerprint density at radius 1 is 1.20 bits per heavy atom. The molecule has 3 atom stereocenters. The van der Waals surface area contributed by atoms with Gasteiger partial charge in [-0.05, 0) is 44.9 Å². The van der Waals surface area contributed by atoms with Crippen LogP contribution in [0.1, 0.15) is 39.7 Å². The molecule has 1 aromatic rings. The molecule has 0 N–H and O–H groups in total. The summed E-state index contributed by atoms with van der Waals surface area (Å²) in [6, 6.07) is 7.13. The van der Waals surface area contributed by atoms with Crippen LogP contribution in [-0.4, -0.2) is 85.9 Å². The van der Waals surface area contributed by atoms with Crippen LogP contribution in [0.25, 0.3) is 0 Å². The van der Waals surface area contributed by atoms with E-state index in [1.807, 2.05) is 6.07 Å². The van der Waals surface area contributed by atoms with E-state index in [2.05, 4.69) is 0 Å². The number of methoxy groups -OCH3 is 1. The second-order valence-electron chi connectivity index (χ2n) is 9.68. The lowest BCUT2D eigenvalue weighted by atomic mass is 10.1. The lowest BCUT2D eigenvalue weighted by molar-refractivity contribution is -0.188. The van der Waals surface area contributed by atoms with Crippen LogP contribution in [0.2, 0.25) is 0 Å². The van der Waals surface area contributed by atoms with Crippen molar-refractivity contribution in [2.75, 3.05) is 38.3 Å². The van der Waals surface area contributed by atoms with Gasteiger partial charge in [-0.15, -0.1) is 0 Å². The smallest absolute Gasteiger partial charge is 0.351 e. The van der Waals surface area contributed by atoms with Crippen LogP contribution in [-0.2, 0) is 44.5 Å². The molecule has 10 nitrogen and oxygen atoms in total. The Hall–Kier alpha value is -2.98. The highest BCUT2D eigenvalue weighted by Gasteiger charge is 2.44. The van der Waals surface area contributed by atoms with E-state index >= 15 is 0 Å². The number of benzene rings is 1. The number of nitrogens with zero attached hydrogens (tertiary/aromatic N) is 2. The summed E-state index contributed by atoms with van der Waals surface area (Å²) in [4.78, 5) is 53.7. The van der Waals surface area contributed by atoms with Crippen LogP contribution < -0.4 is 4.90 Å². The molecular weight excluding hydrogens is 456 g/mol. The van der Waals surface area contributed by atoms with Gasteiger partial charge in [0.15, 0.2) is 6.10 Å². The Bertz CT molecular complexity index is 957. The van der Waals surface area contributed by atoms with E-state index in [0.29, 0.717) is 18.8 Å². The maximum Gasteiger partial charge on any atom is 0.351 e. The van der Waals surface area contributed by atoms with Gasteiger partial charge < -0.3 is 28.7 Å². The standard InChI is InChI=1S/C25H34N2O8/c1-16(28)34-22(24(31)35-25(2,3)4)21-23(30)27(11-12-33-21)18-8-6-7-17(13-18)14-20(29)26-10-9-19(15-26)32-5/h6-8,13,19,21-22H,9-12,14-15H2,1-5H3/t19-,21-,22-/m1/s1. The third-order valence-electron chi connectivity index (χ3n) is 5.74. The summed E-state index contributed by atoms with van der Waals surface area (Å²) >= 11 is 0. The molecule has 192 valence electrons. The molecular formula is C25H34N2O8. The molecule has 0 radical (unpaired) electrons. The van der Waals surface area contributed by atoms with Gasteiger partial charge in [-0.3, -0.25) is 14.4 Å². The van der Waals surface area contributed by atoms with Gasteiger partial charge in [-0.25, -0.2) is 4.79 Å². The molecule has 2 saturated heterocycles. The predicted octanol–water partition coefficient (Wildman–Crippen LogP) is 1.48. The Morgan fingerprint density at radius 2 is 1.94 bits per heavy atom. The van der Waals surface area contributed by atoms with Gasteiger partial charge in [-0.1, -0.05) is 12.1 Å². The van der Waals surface area contributed by atoms with E-state index in [-0.39, 0.29) is 31.6 Å². The van der Waals surface area contributed by atoms with E-state index < -0.39 is 35.7 Å². The lowest BCUT2D eigenvalue weighted by Gasteiger charge is -2.35. The highest BCUT2D eigenvalue weighted by molar-refractivity contribution is 6.01. The Kier molecular flexibility index (Phi) is 8.50. The van der Waals surface area contributed by atoms with E-state index in [1.54, 1.807) is 51.0 Å². The van der Waals surface area contributed by atoms with Crippen LogP contribution >= 0.6 is 0 Å². The second kappa shape index (κ2) is 11.2. The van der Waals surface area contributed by atoms with Gasteiger partial charge in [0.25, 0.3) is 5.91 Å². The highest BCUT2D eigenvalue weighted by Crippen LogP contribution is 2.25. The molecule has 2 fully saturated rings. The molecule has 35 heavy (non-hydrogen) atoms. The molecule has 2 aliphatic heterocycles. The van der Waals surface area contributed by atoms with Gasteiger partial charge in [0.1, 0.15) is 5.60 Å². The van der Waals surface area contributed by atoms with Crippen LogP contribution in [0.3, 0.4) is 0 Å². The van der Waals surface area contributed by atoms with Crippen molar-refractivity contribution in [1.82, 2.24) is 4.90 Å². The number of carbonyl (C=O) groups excluding carboxylic acids is 4. The number of carbonyl (C=O) groups is 4. The number of rotatable bonds is 7. The monoisotopic (exact) mass is 490 g/mol. The maximum atomic E-state index is 13.3. The number of likely N-dealkylation sites (tertiary alicyclic amines) is 1. The minimum Gasteiger partial charge on any atom is -0.457 e. The minimum absolute atomic E-state index is 0.00673. The molecule has 0 aliphatic carbocycles. The quantitative estimate of drug-likeness (QED) is 0.529. The molecule has 2 heterocycles. The number of esters is 2. The predicted molar refractivity (Wildman–Crippen MR) is 126 cm³/mol. The van der Waals surface area contributed by atoms with Crippen LogP contribution in [0.5, 0.6) is 0 Å². The van der Waals surface area contributed by atoms with Crippen molar-refractivity contribution in [3.8, 4) is 0 Å². The number of ether oxygens (including phenoxy) is 4. The molecule has 3 rings (SSSR count). The largest absolute Gasteiger partial charge is 0.457 e. The normalized spacial score (nSPS) is 21.6. The summed E-state index contributed by atoms with van der Waals surface area (Å²) in [6.07, 6.45) is -1.81. The van der Waals surface area contributed by atoms with Gasteiger partial charge in [-0.2, -0.15) is 0 Å². The van der Waals surface area contributed by atoms with Gasteiger partial charge in [0.2, 0.25) is 12.0 Å². The molecule has 0 bridgehead atoms. The number of hydrogen-bond donors (Lipinski definition) is 0. The molecule has 10 heteroatoms. The summed E-state index contributed by atoms with van der Waals surface area (Å²) in [5.74, 6) is -2.12. The first-order chi connectivity index (χ1) is 16.5. The molecule has 0 spiro atoms. The summed E-state index contributed by atoms with van der Waals surface area (Å²) in [6.45, 7) is 7.78. The fraction of sp³-hybridized carbons (Fsp3) is 0.600. The number of amides is 2.